The lowest BCUT2D eigenvalue weighted by Crippen LogP contribution is -2.47. The summed E-state index contributed by atoms with van der Waals surface area (Å²) in [7, 11) is 1.67. The van der Waals surface area contributed by atoms with E-state index in [2.05, 4.69) is 11.8 Å². The highest BCUT2D eigenvalue weighted by molar-refractivity contribution is 5.84. The van der Waals surface area contributed by atoms with E-state index in [0.29, 0.717) is 39.1 Å². The molecule has 0 N–H and O–H groups in total. The molecular weight excluding hydrogens is 232 g/mol. The van der Waals surface area contributed by atoms with Gasteiger partial charge in [0, 0.05) is 39.1 Å². The lowest BCUT2D eigenvalue weighted by molar-refractivity contribution is -0.136. The molecule has 0 aromatic carbocycles. The maximum Gasteiger partial charge on any atom is 0.236 e. The fourth-order valence-electron chi connectivity index (χ4n) is 2.21. The van der Waals surface area contributed by atoms with Crippen molar-refractivity contribution in [3.63, 3.8) is 0 Å². The molecule has 1 rings (SSSR count). The van der Waals surface area contributed by atoms with Gasteiger partial charge in [-0.15, -0.1) is 0 Å². The van der Waals surface area contributed by atoms with Crippen LogP contribution < -0.4 is 0 Å². The molecule has 5 heteroatoms. The van der Waals surface area contributed by atoms with Gasteiger partial charge in [-0.1, -0.05) is 6.92 Å². The van der Waals surface area contributed by atoms with Gasteiger partial charge < -0.3 is 9.64 Å². The molecule has 1 amide bonds. The van der Waals surface area contributed by atoms with E-state index in [0.717, 1.165) is 6.54 Å². The monoisotopic (exact) mass is 256 g/mol. The van der Waals surface area contributed by atoms with Crippen LogP contribution >= 0.6 is 0 Å². The zero-order valence-electron chi connectivity index (χ0n) is 11.6. The van der Waals surface area contributed by atoms with Crippen LogP contribution in [-0.4, -0.2) is 67.4 Å². The van der Waals surface area contributed by atoms with Crippen molar-refractivity contribution >= 4 is 11.7 Å². The van der Waals surface area contributed by atoms with E-state index in [4.69, 9.17) is 4.74 Å². The van der Waals surface area contributed by atoms with Crippen molar-refractivity contribution in [2.75, 3.05) is 39.9 Å². The molecule has 1 unspecified atom stereocenters. The Hall–Kier alpha value is -0.940. The fraction of sp³-hybridized carbons (Fsp3) is 0.846. The third kappa shape index (κ3) is 4.38. The Morgan fingerprint density at radius 2 is 2.06 bits per heavy atom. The molecular formula is C13H24N2O3. The number of ketones is 1. The van der Waals surface area contributed by atoms with Gasteiger partial charge in [-0.05, 0) is 13.5 Å². The molecule has 1 aliphatic heterocycles. The standard InChI is InChI=1S/C13H24N2O3/c1-4-14(11(2)10-18-3)9-13(17)15-7-5-12(16)6-8-15/h11H,4-10H2,1-3H3. The lowest BCUT2D eigenvalue weighted by atomic mass is 10.1. The second-order valence-electron chi connectivity index (χ2n) is 4.79. The van der Waals surface area contributed by atoms with Crippen LogP contribution in [0.5, 0.6) is 0 Å². The van der Waals surface area contributed by atoms with Crippen LogP contribution in [0.4, 0.5) is 0 Å². The Balaban J connectivity index is 2.43. The van der Waals surface area contributed by atoms with Crippen LogP contribution in [0.2, 0.25) is 0 Å². The molecule has 0 saturated carbocycles. The largest absolute Gasteiger partial charge is 0.383 e. The van der Waals surface area contributed by atoms with E-state index >= 15 is 0 Å². The van der Waals surface area contributed by atoms with Gasteiger partial charge in [0.05, 0.1) is 13.2 Å². The number of Topliss-reactive ketones (excluding diaryl/α,β-unsaturated/α-hetero) is 1. The van der Waals surface area contributed by atoms with Crippen LogP contribution in [0.15, 0.2) is 0 Å². The minimum Gasteiger partial charge on any atom is -0.383 e. The van der Waals surface area contributed by atoms with Gasteiger partial charge in [0.1, 0.15) is 5.78 Å². The smallest absolute Gasteiger partial charge is 0.236 e. The molecule has 104 valence electrons. The van der Waals surface area contributed by atoms with E-state index in [1.807, 2.05) is 6.92 Å². The highest BCUT2D eigenvalue weighted by Crippen LogP contribution is 2.08. The molecule has 0 radical (unpaired) electrons. The molecule has 1 fully saturated rings. The van der Waals surface area contributed by atoms with E-state index in [1.165, 1.54) is 0 Å². The van der Waals surface area contributed by atoms with Crippen molar-refractivity contribution in [2.24, 2.45) is 0 Å². The molecule has 1 heterocycles. The molecule has 1 saturated heterocycles. The number of likely N-dealkylation sites (N-methyl/N-ethyl adjacent to an activating group) is 1. The van der Waals surface area contributed by atoms with Gasteiger partial charge in [-0.3, -0.25) is 14.5 Å². The number of amides is 1. The Kier molecular flexibility index (Phi) is 6.29. The van der Waals surface area contributed by atoms with Crippen molar-refractivity contribution in [2.45, 2.75) is 32.7 Å². The first-order valence-corrected chi connectivity index (χ1v) is 6.61. The maximum atomic E-state index is 12.1. The van der Waals surface area contributed by atoms with Crippen molar-refractivity contribution in [3.05, 3.63) is 0 Å². The number of carbonyl (C=O) groups excluding carboxylic acids is 2. The van der Waals surface area contributed by atoms with Crippen molar-refractivity contribution in [1.29, 1.82) is 0 Å². The van der Waals surface area contributed by atoms with Gasteiger partial charge in [-0.2, -0.15) is 0 Å². The summed E-state index contributed by atoms with van der Waals surface area (Å²) in [6.45, 7) is 7.11. The zero-order valence-corrected chi connectivity index (χ0v) is 11.6. The summed E-state index contributed by atoms with van der Waals surface area (Å²) in [5.74, 6) is 0.381. The number of ether oxygens (including phenoxy) is 1. The quantitative estimate of drug-likeness (QED) is 0.696. The first-order chi connectivity index (χ1) is 8.58. The third-order valence-electron chi connectivity index (χ3n) is 3.45. The molecule has 0 spiro atoms. The van der Waals surface area contributed by atoms with Gasteiger partial charge in [0.25, 0.3) is 0 Å². The molecule has 0 aromatic rings. The summed E-state index contributed by atoms with van der Waals surface area (Å²) in [4.78, 5) is 27.1. The maximum absolute atomic E-state index is 12.1. The van der Waals surface area contributed by atoms with E-state index in [9.17, 15) is 9.59 Å². The van der Waals surface area contributed by atoms with E-state index < -0.39 is 0 Å². The van der Waals surface area contributed by atoms with Crippen LogP contribution in [0.3, 0.4) is 0 Å². The SMILES string of the molecule is CCN(CC(=O)N1CCC(=O)CC1)C(C)COC. The molecule has 18 heavy (non-hydrogen) atoms. The average molecular weight is 256 g/mol. The van der Waals surface area contributed by atoms with Gasteiger partial charge >= 0.3 is 0 Å². The predicted molar refractivity (Wildman–Crippen MR) is 69.4 cm³/mol. The van der Waals surface area contributed by atoms with Gasteiger partial charge in [0.2, 0.25) is 5.91 Å². The highest BCUT2D eigenvalue weighted by Gasteiger charge is 2.23. The molecule has 0 bridgehead atoms. The van der Waals surface area contributed by atoms with E-state index in [-0.39, 0.29) is 17.7 Å². The van der Waals surface area contributed by atoms with Crippen molar-refractivity contribution in [3.8, 4) is 0 Å². The van der Waals surface area contributed by atoms with Gasteiger partial charge in [-0.25, -0.2) is 0 Å². The molecule has 1 aliphatic rings. The lowest BCUT2D eigenvalue weighted by Gasteiger charge is -2.31. The summed E-state index contributed by atoms with van der Waals surface area (Å²) in [6.07, 6.45) is 1.01. The average Bonchev–Trinajstić information content (AvgIpc) is 2.36. The fourth-order valence-corrected chi connectivity index (χ4v) is 2.21. The van der Waals surface area contributed by atoms with E-state index in [1.54, 1.807) is 12.0 Å². The van der Waals surface area contributed by atoms with Crippen molar-refractivity contribution in [1.82, 2.24) is 9.80 Å². The number of hydrogen-bond acceptors (Lipinski definition) is 4. The Bertz CT molecular complexity index is 284. The molecule has 5 nitrogen and oxygen atoms in total. The first-order valence-electron chi connectivity index (χ1n) is 6.61. The van der Waals surface area contributed by atoms with Crippen LogP contribution in [-0.2, 0) is 14.3 Å². The summed E-state index contributed by atoms with van der Waals surface area (Å²) >= 11 is 0. The van der Waals surface area contributed by atoms with Crippen LogP contribution in [0.25, 0.3) is 0 Å². The number of piperidine rings is 1. The molecule has 1 atom stereocenters. The number of hydrogen-bond donors (Lipinski definition) is 0. The Labute approximate surface area is 109 Å². The number of carbonyl (C=O) groups is 2. The zero-order chi connectivity index (χ0) is 13.5. The number of nitrogens with zero attached hydrogens (tertiary/aromatic N) is 2. The molecule has 0 aliphatic carbocycles. The predicted octanol–water partition coefficient (Wildman–Crippen LogP) is 0.535. The second kappa shape index (κ2) is 7.48. The van der Waals surface area contributed by atoms with Crippen LogP contribution in [0.1, 0.15) is 26.7 Å². The minimum atomic E-state index is 0.118. The summed E-state index contributed by atoms with van der Waals surface area (Å²) in [5.41, 5.74) is 0. The minimum absolute atomic E-state index is 0.118. The highest BCUT2D eigenvalue weighted by atomic mass is 16.5. The van der Waals surface area contributed by atoms with Crippen LogP contribution in [0, 0.1) is 0 Å². The number of rotatable bonds is 6. The Morgan fingerprint density at radius 3 is 2.56 bits per heavy atom. The normalized spacial score (nSPS) is 18.2. The first kappa shape index (κ1) is 15.1. The topological polar surface area (TPSA) is 49.9 Å². The summed E-state index contributed by atoms with van der Waals surface area (Å²) in [5, 5.41) is 0. The Morgan fingerprint density at radius 1 is 1.44 bits per heavy atom. The summed E-state index contributed by atoms with van der Waals surface area (Å²) in [6, 6.07) is 0.232. The second-order valence-corrected chi connectivity index (χ2v) is 4.79. The van der Waals surface area contributed by atoms with Crippen molar-refractivity contribution < 1.29 is 14.3 Å². The number of likely N-dealkylation sites (tertiary alicyclic amines) is 1. The van der Waals surface area contributed by atoms with Gasteiger partial charge in [0.15, 0.2) is 0 Å². The molecule has 0 aromatic heterocycles. The third-order valence-corrected chi connectivity index (χ3v) is 3.45. The summed E-state index contributed by atoms with van der Waals surface area (Å²) < 4.78 is 5.12. The number of methoxy groups -OCH3 is 1.